The van der Waals surface area contributed by atoms with Gasteiger partial charge in [-0.3, -0.25) is 14.6 Å². The molecule has 2 rings (SSSR count). The standard InChI is InChI=1S/C24H37N3O6/c1-23(2,3)21(30)26-17-8-11-25-14-16(17)19(28)18(20(29)32-7)15-9-12-27(13-10-15)22(31)33-24(4,5)6/h8,11,14-15,18-19,28H,9-10,12-13H2,1-7H3,(H,25,26,30). The molecule has 184 valence electrons. The number of hydrogen-bond donors (Lipinski definition) is 2. The van der Waals surface area contributed by atoms with Gasteiger partial charge in [-0.25, -0.2) is 4.79 Å². The van der Waals surface area contributed by atoms with Crippen LogP contribution in [-0.2, 0) is 19.1 Å². The number of nitrogens with one attached hydrogen (secondary N) is 1. The molecule has 0 radical (unpaired) electrons. The summed E-state index contributed by atoms with van der Waals surface area (Å²) in [6, 6.07) is 1.60. The van der Waals surface area contributed by atoms with Crippen molar-refractivity contribution in [1.82, 2.24) is 9.88 Å². The second-order valence-corrected chi connectivity index (χ2v) is 10.5. The number of carbonyl (C=O) groups excluding carboxylic acids is 3. The molecule has 0 aromatic carbocycles. The highest BCUT2D eigenvalue weighted by Crippen LogP contribution is 2.38. The van der Waals surface area contributed by atoms with Gasteiger partial charge in [-0.1, -0.05) is 20.8 Å². The highest BCUT2D eigenvalue weighted by atomic mass is 16.6. The van der Waals surface area contributed by atoms with E-state index in [1.165, 1.54) is 19.5 Å². The second-order valence-electron chi connectivity index (χ2n) is 10.5. The van der Waals surface area contributed by atoms with E-state index in [2.05, 4.69) is 10.3 Å². The van der Waals surface area contributed by atoms with Gasteiger partial charge in [0.2, 0.25) is 5.91 Å². The molecule has 1 aliphatic rings. The predicted molar refractivity (Wildman–Crippen MR) is 123 cm³/mol. The van der Waals surface area contributed by atoms with E-state index in [-0.39, 0.29) is 11.8 Å². The van der Waals surface area contributed by atoms with Crippen molar-refractivity contribution < 1.29 is 29.0 Å². The van der Waals surface area contributed by atoms with E-state index in [9.17, 15) is 19.5 Å². The molecule has 2 atom stereocenters. The molecule has 9 heteroatoms. The van der Waals surface area contributed by atoms with Gasteiger partial charge in [-0.15, -0.1) is 0 Å². The minimum Gasteiger partial charge on any atom is -0.469 e. The number of esters is 1. The van der Waals surface area contributed by atoms with Gasteiger partial charge < -0.3 is 24.8 Å². The van der Waals surface area contributed by atoms with E-state index in [1.54, 1.807) is 31.7 Å². The lowest BCUT2D eigenvalue weighted by atomic mass is 9.79. The Kier molecular flexibility index (Phi) is 8.46. The number of pyridine rings is 1. The van der Waals surface area contributed by atoms with Crippen molar-refractivity contribution in [2.75, 3.05) is 25.5 Å². The van der Waals surface area contributed by atoms with Gasteiger partial charge in [-0.2, -0.15) is 0 Å². The Bertz CT molecular complexity index is 850. The monoisotopic (exact) mass is 463 g/mol. The normalized spacial score (nSPS) is 17.2. The summed E-state index contributed by atoms with van der Waals surface area (Å²) < 4.78 is 10.4. The van der Waals surface area contributed by atoms with Gasteiger partial charge in [0.1, 0.15) is 5.60 Å². The van der Waals surface area contributed by atoms with Crippen molar-refractivity contribution in [3.05, 3.63) is 24.0 Å². The van der Waals surface area contributed by atoms with Crippen molar-refractivity contribution in [3.8, 4) is 0 Å². The number of aliphatic hydroxyl groups is 1. The van der Waals surface area contributed by atoms with Gasteiger partial charge in [0.05, 0.1) is 19.1 Å². The van der Waals surface area contributed by atoms with Gasteiger partial charge in [0, 0.05) is 42.1 Å². The van der Waals surface area contributed by atoms with Gasteiger partial charge in [0.15, 0.2) is 0 Å². The van der Waals surface area contributed by atoms with Crippen LogP contribution in [0.25, 0.3) is 0 Å². The molecule has 0 bridgehead atoms. The third-order valence-electron chi connectivity index (χ3n) is 5.61. The molecular formula is C24H37N3O6. The van der Waals surface area contributed by atoms with Crippen molar-refractivity contribution in [2.24, 2.45) is 17.3 Å². The first-order valence-electron chi connectivity index (χ1n) is 11.2. The van der Waals surface area contributed by atoms with E-state index in [0.29, 0.717) is 37.2 Å². The summed E-state index contributed by atoms with van der Waals surface area (Å²) in [6.07, 6.45) is 2.34. The summed E-state index contributed by atoms with van der Waals surface area (Å²) in [5.74, 6) is -1.86. The van der Waals surface area contributed by atoms with Crippen molar-refractivity contribution in [1.29, 1.82) is 0 Å². The Morgan fingerprint density at radius 1 is 1.15 bits per heavy atom. The number of anilines is 1. The van der Waals surface area contributed by atoms with Crippen LogP contribution in [0.2, 0.25) is 0 Å². The fraction of sp³-hybridized carbons (Fsp3) is 0.667. The third kappa shape index (κ3) is 7.15. The topological polar surface area (TPSA) is 118 Å². The summed E-state index contributed by atoms with van der Waals surface area (Å²) in [4.78, 5) is 43.3. The summed E-state index contributed by atoms with van der Waals surface area (Å²) in [6.45, 7) is 11.6. The highest BCUT2D eigenvalue weighted by Gasteiger charge is 2.40. The molecule has 1 aromatic rings. The first-order chi connectivity index (χ1) is 15.2. The number of ether oxygens (including phenoxy) is 2. The third-order valence-corrected chi connectivity index (χ3v) is 5.61. The van der Waals surface area contributed by atoms with Crippen LogP contribution in [-0.4, -0.2) is 58.8 Å². The van der Waals surface area contributed by atoms with Crippen LogP contribution in [0.1, 0.15) is 66.1 Å². The van der Waals surface area contributed by atoms with Crippen LogP contribution >= 0.6 is 0 Å². The first kappa shape index (κ1) is 26.6. The Morgan fingerprint density at radius 2 is 1.76 bits per heavy atom. The SMILES string of the molecule is COC(=O)C(C1CCN(C(=O)OC(C)(C)C)CC1)C(O)c1cnccc1NC(=O)C(C)(C)C. The highest BCUT2D eigenvalue weighted by molar-refractivity contribution is 5.95. The molecule has 0 spiro atoms. The second kappa shape index (κ2) is 10.5. The van der Waals surface area contributed by atoms with Gasteiger partial charge in [0.25, 0.3) is 0 Å². The van der Waals surface area contributed by atoms with Crippen LogP contribution in [0.4, 0.5) is 10.5 Å². The van der Waals surface area contributed by atoms with Gasteiger partial charge >= 0.3 is 12.1 Å². The molecule has 0 saturated carbocycles. The number of carbonyl (C=O) groups is 3. The maximum absolute atomic E-state index is 12.7. The van der Waals surface area contributed by atoms with Crippen LogP contribution in [0.3, 0.4) is 0 Å². The smallest absolute Gasteiger partial charge is 0.410 e. The quantitative estimate of drug-likeness (QED) is 0.641. The molecule has 33 heavy (non-hydrogen) atoms. The number of aliphatic hydroxyl groups excluding tert-OH is 1. The minimum atomic E-state index is -1.24. The molecule has 2 N–H and O–H groups in total. The molecule has 1 fully saturated rings. The molecule has 0 aliphatic carbocycles. The number of aromatic nitrogens is 1. The number of methoxy groups -OCH3 is 1. The van der Waals surface area contributed by atoms with Crippen LogP contribution in [0.5, 0.6) is 0 Å². The zero-order valence-corrected chi connectivity index (χ0v) is 20.7. The molecule has 2 amide bonds. The van der Waals surface area contributed by atoms with E-state index >= 15 is 0 Å². The van der Waals surface area contributed by atoms with E-state index < -0.39 is 35.1 Å². The summed E-state index contributed by atoms with van der Waals surface area (Å²) in [5.41, 5.74) is -0.480. The number of rotatable bonds is 5. The molecule has 1 aliphatic heterocycles. The van der Waals surface area contributed by atoms with Gasteiger partial charge in [-0.05, 0) is 45.6 Å². The number of nitrogens with zero attached hydrogens (tertiary/aromatic N) is 2. The van der Waals surface area contributed by atoms with E-state index in [4.69, 9.17) is 9.47 Å². The van der Waals surface area contributed by atoms with Crippen LogP contribution in [0, 0.1) is 17.3 Å². The van der Waals surface area contributed by atoms with Crippen molar-refractivity contribution in [2.45, 2.75) is 66.1 Å². The summed E-state index contributed by atoms with van der Waals surface area (Å²) in [5, 5.41) is 14.1. The summed E-state index contributed by atoms with van der Waals surface area (Å²) >= 11 is 0. The Balaban J connectivity index is 2.21. The lowest BCUT2D eigenvalue weighted by molar-refractivity contribution is -0.153. The fourth-order valence-electron chi connectivity index (χ4n) is 3.74. The number of hydrogen-bond acceptors (Lipinski definition) is 7. The number of piperidine rings is 1. The molecular weight excluding hydrogens is 426 g/mol. The zero-order chi connectivity index (χ0) is 25.0. The number of amides is 2. The minimum absolute atomic E-state index is 0.220. The molecule has 1 aromatic heterocycles. The molecule has 2 heterocycles. The van der Waals surface area contributed by atoms with E-state index in [1.807, 2.05) is 20.8 Å². The average molecular weight is 464 g/mol. The predicted octanol–water partition coefficient (Wildman–Crippen LogP) is 3.54. The Morgan fingerprint density at radius 3 is 2.27 bits per heavy atom. The lowest BCUT2D eigenvalue weighted by Crippen LogP contribution is -2.44. The Labute approximate surface area is 195 Å². The number of likely N-dealkylation sites (tertiary alicyclic amines) is 1. The van der Waals surface area contributed by atoms with Crippen molar-refractivity contribution in [3.63, 3.8) is 0 Å². The zero-order valence-electron chi connectivity index (χ0n) is 20.7. The van der Waals surface area contributed by atoms with Crippen molar-refractivity contribution >= 4 is 23.7 Å². The first-order valence-corrected chi connectivity index (χ1v) is 11.2. The molecule has 2 unspecified atom stereocenters. The Hall–Kier alpha value is -2.68. The fourth-order valence-corrected chi connectivity index (χ4v) is 3.74. The van der Waals surface area contributed by atoms with Crippen LogP contribution in [0.15, 0.2) is 18.5 Å². The lowest BCUT2D eigenvalue weighted by Gasteiger charge is -2.37. The van der Waals surface area contributed by atoms with E-state index in [0.717, 1.165) is 0 Å². The largest absolute Gasteiger partial charge is 0.469 e. The summed E-state index contributed by atoms with van der Waals surface area (Å²) in [7, 11) is 1.28. The maximum Gasteiger partial charge on any atom is 0.410 e. The van der Waals surface area contributed by atoms with Crippen LogP contribution < -0.4 is 5.32 Å². The molecule has 9 nitrogen and oxygen atoms in total. The maximum atomic E-state index is 12.7. The molecule has 1 saturated heterocycles. The average Bonchev–Trinajstić information content (AvgIpc) is 2.72.